The molecular weight excluding hydrogens is 392 g/mol. The molecule has 0 unspecified atom stereocenters. The van der Waals surface area contributed by atoms with Gasteiger partial charge in [0.15, 0.2) is 0 Å². The van der Waals surface area contributed by atoms with E-state index >= 15 is 0 Å². The highest BCUT2D eigenvalue weighted by Crippen LogP contribution is 2.42. The van der Waals surface area contributed by atoms with Gasteiger partial charge in [-0.2, -0.15) is 0 Å². The molecule has 29 heavy (non-hydrogen) atoms. The van der Waals surface area contributed by atoms with E-state index in [0.717, 1.165) is 23.4 Å². The molecule has 0 spiro atoms. The van der Waals surface area contributed by atoms with Gasteiger partial charge in [-0.25, -0.2) is 13.8 Å². The minimum atomic E-state index is -0.686. The molecule has 0 atom stereocenters. The van der Waals surface area contributed by atoms with Crippen LogP contribution in [0, 0.1) is 11.6 Å². The summed E-state index contributed by atoms with van der Waals surface area (Å²) in [5.74, 6) is -1.28. The van der Waals surface area contributed by atoms with Gasteiger partial charge in [0, 0.05) is 40.9 Å². The van der Waals surface area contributed by atoms with Crippen LogP contribution in [-0.4, -0.2) is 22.4 Å². The topological polar surface area (TPSA) is 54.9 Å². The molecule has 2 aromatic heterocycles. The zero-order valence-corrected chi connectivity index (χ0v) is 16.6. The second-order valence-corrected chi connectivity index (χ2v) is 8.28. The average molecular weight is 413 g/mol. The molecule has 2 heterocycles. The molecule has 1 aliphatic rings. The zero-order chi connectivity index (χ0) is 20.3. The van der Waals surface area contributed by atoms with Gasteiger partial charge in [0.2, 0.25) is 5.91 Å². The molecular formula is C22H21F2N3OS. The lowest BCUT2D eigenvalue weighted by Crippen LogP contribution is -2.40. The molecule has 1 amide bonds. The highest BCUT2D eigenvalue weighted by molar-refractivity contribution is 7.13. The minimum Gasteiger partial charge on any atom is -0.355 e. The lowest BCUT2D eigenvalue weighted by atomic mass is 9.78. The van der Waals surface area contributed by atoms with Gasteiger partial charge >= 0.3 is 0 Å². The molecule has 1 N–H and O–H groups in total. The number of amides is 1. The second kappa shape index (κ2) is 8.37. The Morgan fingerprint density at radius 2 is 1.90 bits per heavy atom. The highest BCUT2D eigenvalue weighted by Gasteiger charge is 2.40. The van der Waals surface area contributed by atoms with Crippen molar-refractivity contribution in [3.8, 4) is 10.6 Å². The van der Waals surface area contributed by atoms with Gasteiger partial charge in [-0.3, -0.25) is 9.78 Å². The summed E-state index contributed by atoms with van der Waals surface area (Å²) in [6, 6.07) is 7.71. The Hall–Kier alpha value is -2.67. The summed E-state index contributed by atoms with van der Waals surface area (Å²) in [5.41, 5.74) is 0.993. The number of carbonyl (C=O) groups excluding carboxylic acids is 1. The van der Waals surface area contributed by atoms with Crippen molar-refractivity contribution in [2.24, 2.45) is 0 Å². The Balaban J connectivity index is 1.44. The van der Waals surface area contributed by atoms with Crippen molar-refractivity contribution in [1.29, 1.82) is 0 Å². The van der Waals surface area contributed by atoms with Gasteiger partial charge in [-0.15, -0.1) is 11.3 Å². The standard InChI is InChI=1S/C22H21F2N3OS/c23-17-6-3-7-18(24)20(17)22(8-1-2-9-22)14-26-19(28)11-16-13-29-21(27-16)15-5-4-10-25-12-15/h3-7,10,12-13H,1-2,8-9,11,14H2,(H,26,28). The first-order valence-electron chi connectivity index (χ1n) is 9.63. The molecule has 0 saturated heterocycles. The Morgan fingerprint density at radius 3 is 2.59 bits per heavy atom. The summed E-state index contributed by atoms with van der Waals surface area (Å²) in [6.45, 7) is 0.225. The Bertz CT molecular complexity index is 980. The fraction of sp³-hybridized carbons (Fsp3) is 0.318. The third-order valence-electron chi connectivity index (χ3n) is 5.48. The first-order chi connectivity index (χ1) is 14.1. The van der Waals surface area contributed by atoms with E-state index in [1.165, 1.54) is 29.5 Å². The quantitative estimate of drug-likeness (QED) is 0.640. The lowest BCUT2D eigenvalue weighted by Gasteiger charge is -2.30. The van der Waals surface area contributed by atoms with Crippen LogP contribution < -0.4 is 5.32 Å². The SMILES string of the molecule is O=C(Cc1csc(-c2cccnc2)n1)NCC1(c2c(F)cccc2F)CCCC1. The van der Waals surface area contributed by atoms with E-state index in [1.807, 2.05) is 17.5 Å². The lowest BCUT2D eigenvalue weighted by molar-refractivity contribution is -0.120. The maximum Gasteiger partial charge on any atom is 0.226 e. The number of thiazole rings is 1. The Labute approximate surface area is 172 Å². The van der Waals surface area contributed by atoms with Crippen molar-refractivity contribution in [1.82, 2.24) is 15.3 Å². The second-order valence-electron chi connectivity index (χ2n) is 7.42. The van der Waals surface area contributed by atoms with Crippen molar-refractivity contribution in [2.45, 2.75) is 37.5 Å². The molecule has 1 aliphatic carbocycles. The van der Waals surface area contributed by atoms with E-state index in [4.69, 9.17) is 0 Å². The Morgan fingerprint density at radius 1 is 1.14 bits per heavy atom. The van der Waals surface area contributed by atoms with E-state index in [1.54, 1.807) is 12.4 Å². The molecule has 1 fully saturated rings. The van der Waals surface area contributed by atoms with Crippen molar-refractivity contribution in [2.75, 3.05) is 6.54 Å². The number of halogens is 2. The summed E-state index contributed by atoms with van der Waals surface area (Å²) in [6.07, 6.45) is 6.67. The predicted molar refractivity (Wildman–Crippen MR) is 109 cm³/mol. The molecule has 4 nitrogen and oxygen atoms in total. The smallest absolute Gasteiger partial charge is 0.226 e. The van der Waals surface area contributed by atoms with Gasteiger partial charge in [0.25, 0.3) is 0 Å². The summed E-state index contributed by atoms with van der Waals surface area (Å²) in [5, 5.41) is 5.55. The fourth-order valence-corrected chi connectivity index (χ4v) is 4.89. The molecule has 150 valence electrons. The van der Waals surface area contributed by atoms with Gasteiger partial charge in [-0.1, -0.05) is 18.9 Å². The molecule has 7 heteroatoms. The number of pyridine rings is 1. The third-order valence-corrected chi connectivity index (χ3v) is 6.42. The molecule has 3 aromatic rings. The summed E-state index contributed by atoms with van der Waals surface area (Å²) < 4.78 is 28.8. The van der Waals surface area contributed by atoms with E-state index in [-0.39, 0.29) is 24.4 Å². The average Bonchev–Trinajstić information content (AvgIpc) is 3.38. The number of carbonyl (C=O) groups is 1. The molecule has 1 aromatic carbocycles. The van der Waals surface area contributed by atoms with Gasteiger partial charge in [-0.05, 0) is 37.1 Å². The number of hydrogen-bond acceptors (Lipinski definition) is 4. The summed E-state index contributed by atoms with van der Waals surface area (Å²) in [4.78, 5) is 21.1. The van der Waals surface area contributed by atoms with Crippen LogP contribution in [-0.2, 0) is 16.6 Å². The number of aromatic nitrogens is 2. The van der Waals surface area contributed by atoms with Gasteiger partial charge < -0.3 is 5.32 Å². The van der Waals surface area contributed by atoms with Crippen LogP contribution in [0.4, 0.5) is 8.78 Å². The molecule has 4 rings (SSSR count). The van der Waals surface area contributed by atoms with Crippen molar-refractivity contribution in [3.63, 3.8) is 0 Å². The van der Waals surface area contributed by atoms with E-state index in [0.29, 0.717) is 18.5 Å². The van der Waals surface area contributed by atoms with Crippen LogP contribution in [0.5, 0.6) is 0 Å². The van der Waals surface area contributed by atoms with E-state index in [9.17, 15) is 13.6 Å². The van der Waals surface area contributed by atoms with Crippen LogP contribution in [0.3, 0.4) is 0 Å². The number of nitrogens with zero attached hydrogens (tertiary/aromatic N) is 2. The number of hydrogen-bond donors (Lipinski definition) is 1. The molecule has 0 radical (unpaired) electrons. The normalized spacial score (nSPS) is 15.4. The maximum absolute atomic E-state index is 14.4. The summed E-state index contributed by atoms with van der Waals surface area (Å²) in [7, 11) is 0. The minimum absolute atomic E-state index is 0.102. The molecule has 0 bridgehead atoms. The van der Waals surface area contributed by atoms with Crippen molar-refractivity contribution in [3.05, 3.63) is 71.0 Å². The van der Waals surface area contributed by atoms with E-state index in [2.05, 4.69) is 15.3 Å². The number of rotatable bonds is 6. The first-order valence-corrected chi connectivity index (χ1v) is 10.5. The zero-order valence-electron chi connectivity index (χ0n) is 15.8. The van der Waals surface area contributed by atoms with Gasteiger partial charge in [0.1, 0.15) is 16.6 Å². The fourth-order valence-electron chi connectivity index (χ4n) is 4.08. The van der Waals surface area contributed by atoms with Crippen LogP contribution in [0.1, 0.15) is 36.9 Å². The van der Waals surface area contributed by atoms with Crippen molar-refractivity contribution >= 4 is 17.2 Å². The highest BCUT2D eigenvalue weighted by atomic mass is 32.1. The number of nitrogens with one attached hydrogen (secondary N) is 1. The van der Waals surface area contributed by atoms with Crippen LogP contribution >= 0.6 is 11.3 Å². The predicted octanol–water partition coefficient (Wildman–Crippen LogP) is 4.65. The monoisotopic (exact) mass is 413 g/mol. The Kier molecular flexibility index (Phi) is 5.67. The largest absolute Gasteiger partial charge is 0.355 e. The summed E-state index contributed by atoms with van der Waals surface area (Å²) >= 11 is 1.46. The van der Waals surface area contributed by atoms with E-state index < -0.39 is 17.0 Å². The van der Waals surface area contributed by atoms with Crippen LogP contribution in [0.2, 0.25) is 0 Å². The van der Waals surface area contributed by atoms with Crippen LogP contribution in [0.25, 0.3) is 10.6 Å². The molecule has 0 aliphatic heterocycles. The third kappa shape index (κ3) is 4.19. The number of benzene rings is 1. The van der Waals surface area contributed by atoms with Gasteiger partial charge in [0.05, 0.1) is 12.1 Å². The van der Waals surface area contributed by atoms with Crippen LogP contribution in [0.15, 0.2) is 48.1 Å². The first kappa shape index (κ1) is 19.6. The van der Waals surface area contributed by atoms with Crippen molar-refractivity contribution < 1.29 is 13.6 Å². The maximum atomic E-state index is 14.4. The molecule has 1 saturated carbocycles.